The lowest BCUT2D eigenvalue weighted by Crippen LogP contribution is -2.19. The topological polar surface area (TPSA) is 32.3 Å². The Hall–Kier alpha value is -1.77. The van der Waals surface area contributed by atoms with Crippen molar-refractivity contribution in [1.82, 2.24) is 4.90 Å². The average Bonchev–Trinajstić information content (AvgIpc) is 2.57. The van der Waals surface area contributed by atoms with Gasteiger partial charge < -0.3 is 10.2 Å². The third-order valence-corrected chi connectivity index (χ3v) is 3.91. The van der Waals surface area contributed by atoms with Gasteiger partial charge >= 0.3 is 0 Å². The Morgan fingerprint density at radius 2 is 1.89 bits per heavy atom. The van der Waals surface area contributed by atoms with E-state index in [1.165, 1.54) is 31.2 Å². The van der Waals surface area contributed by atoms with Crippen LogP contribution in [0.2, 0.25) is 0 Å². The van der Waals surface area contributed by atoms with Gasteiger partial charge in [0.25, 0.3) is 5.91 Å². The van der Waals surface area contributed by atoms with Gasteiger partial charge in [-0.25, -0.2) is 0 Å². The van der Waals surface area contributed by atoms with E-state index in [4.69, 9.17) is 0 Å². The van der Waals surface area contributed by atoms with Crippen molar-refractivity contribution in [1.29, 1.82) is 0 Å². The zero-order valence-corrected chi connectivity index (χ0v) is 11.4. The number of nitrogens with zero attached hydrogens (tertiary/aromatic N) is 1. The summed E-state index contributed by atoms with van der Waals surface area (Å²) in [5.74, 6) is 0.0323. The van der Waals surface area contributed by atoms with Gasteiger partial charge in [0.05, 0.1) is 5.57 Å². The fourth-order valence-electron chi connectivity index (χ4n) is 2.84. The van der Waals surface area contributed by atoms with Crippen LogP contribution in [0, 0.1) is 6.92 Å². The SMILES string of the molecule is Cc1ccc2c(c1)NC(=O)/C2=C/N1CCCCCC1. The number of nitrogens with one attached hydrogen (secondary N) is 1. The number of rotatable bonds is 1. The van der Waals surface area contributed by atoms with Crippen LogP contribution in [0.4, 0.5) is 5.69 Å². The maximum absolute atomic E-state index is 12.1. The number of benzene rings is 1. The van der Waals surface area contributed by atoms with Crippen molar-refractivity contribution in [3.8, 4) is 0 Å². The number of amides is 1. The molecule has 1 fully saturated rings. The Morgan fingerprint density at radius 3 is 2.63 bits per heavy atom. The lowest BCUT2D eigenvalue weighted by atomic mass is 10.1. The number of aryl methyl sites for hydroxylation is 1. The number of hydrogen-bond donors (Lipinski definition) is 1. The molecule has 1 amide bonds. The summed E-state index contributed by atoms with van der Waals surface area (Å²) in [4.78, 5) is 14.4. The smallest absolute Gasteiger partial charge is 0.257 e. The number of hydrogen-bond acceptors (Lipinski definition) is 2. The number of carbonyl (C=O) groups excluding carboxylic acids is 1. The normalized spacial score (nSPS) is 21.2. The number of carbonyl (C=O) groups is 1. The molecule has 0 unspecified atom stereocenters. The molecule has 0 aliphatic carbocycles. The van der Waals surface area contributed by atoms with E-state index < -0.39 is 0 Å². The molecule has 0 spiro atoms. The minimum Gasteiger partial charge on any atom is -0.377 e. The third kappa shape index (κ3) is 2.50. The second-order valence-corrected chi connectivity index (χ2v) is 5.50. The van der Waals surface area contributed by atoms with Crippen LogP contribution < -0.4 is 5.32 Å². The molecule has 3 heteroatoms. The van der Waals surface area contributed by atoms with Gasteiger partial charge in [-0.15, -0.1) is 0 Å². The summed E-state index contributed by atoms with van der Waals surface area (Å²) in [6.45, 7) is 4.18. The first kappa shape index (κ1) is 12.3. The minimum absolute atomic E-state index is 0.0323. The van der Waals surface area contributed by atoms with Crippen LogP contribution in [0.3, 0.4) is 0 Å². The van der Waals surface area contributed by atoms with Crippen LogP contribution >= 0.6 is 0 Å². The predicted molar refractivity (Wildman–Crippen MR) is 77.8 cm³/mol. The van der Waals surface area contributed by atoms with Gasteiger partial charge in [0, 0.05) is 30.5 Å². The number of likely N-dealkylation sites (tertiary alicyclic amines) is 1. The predicted octanol–water partition coefficient (Wildman–Crippen LogP) is 3.16. The molecule has 2 aliphatic heterocycles. The number of fused-ring (bicyclic) bond motifs is 1. The second kappa shape index (κ2) is 5.08. The number of anilines is 1. The van der Waals surface area contributed by atoms with Crippen LogP contribution in [0.25, 0.3) is 5.57 Å². The van der Waals surface area contributed by atoms with Crippen molar-refractivity contribution in [3.05, 3.63) is 35.5 Å². The highest BCUT2D eigenvalue weighted by Gasteiger charge is 2.24. The van der Waals surface area contributed by atoms with Crippen LogP contribution in [-0.2, 0) is 4.79 Å². The Bertz CT molecular complexity index is 526. The Morgan fingerprint density at radius 1 is 1.16 bits per heavy atom. The summed E-state index contributed by atoms with van der Waals surface area (Å²) < 4.78 is 0. The molecule has 0 aromatic heterocycles. The van der Waals surface area contributed by atoms with E-state index in [0.717, 1.165) is 29.9 Å². The van der Waals surface area contributed by atoms with Crippen LogP contribution in [-0.4, -0.2) is 23.9 Å². The molecule has 3 rings (SSSR count). The summed E-state index contributed by atoms with van der Waals surface area (Å²) in [7, 11) is 0. The quantitative estimate of drug-likeness (QED) is 0.783. The average molecular weight is 256 g/mol. The van der Waals surface area contributed by atoms with Gasteiger partial charge in [-0.2, -0.15) is 0 Å². The van der Waals surface area contributed by atoms with E-state index in [1.54, 1.807) is 0 Å². The molecule has 100 valence electrons. The molecule has 3 nitrogen and oxygen atoms in total. The van der Waals surface area contributed by atoms with Crippen molar-refractivity contribution in [2.24, 2.45) is 0 Å². The zero-order chi connectivity index (χ0) is 13.2. The first-order valence-electron chi connectivity index (χ1n) is 7.12. The molecule has 19 heavy (non-hydrogen) atoms. The Kier molecular flexibility index (Phi) is 3.28. The van der Waals surface area contributed by atoms with Gasteiger partial charge in [0.1, 0.15) is 0 Å². The Balaban J connectivity index is 1.90. The summed E-state index contributed by atoms with van der Waals surface area (Å²) in [5.41, 5.74) is 3.98. The van der Waals surface area contributed by atoms with E-state index in [2.05, 4.69) is 22.5 Å². The molecule has 0 radical (unpaired) electrons. The maximum atomic E-state index is 12.1. The largest absolute Gasteiger partial charge is 0.377 e. The highest BCUT2D eigenvalue weighted by molar-refractivity contribution is 6.31. The fraction of sp³-hybridized carbons (Fsp3) is 0.438. The van der Waals surface area contributed by atoms with E-state index in [9.17, 15) is 4.79 Å². The van der Waals surface area contributed by atoms with E-state index in [-0.39, 0.29) is 5.91 Å². The molecule has 0 bridgehead atoms. The van der Waals surface area contributed by atoms with Gasteiger partial charge in [-0.1, -0.05) is 25.0 Å². The van der Waals surface area contributed by atoms with Crippen molar-refractivity contribution in [2.75, 3.05) is 18.4 Å². The highest BCUT2D eigenvalue weighted by atomic mass is 16.2. The summed E-state index contributed by atoms with van der Waals surface area (Å²) >= 11 is 0. The third-order valence-electron chi connectivity index (χ3n) is 3.91. The van der Waals surface area contributed by atoms with E-state index in [1.807, 2.05) is 19.1 Å². The van der Waals surface area contributed by atoms with Gasteiger partial charge in [-0.05, 0) is 31.4 Å². The van der Waals surface area contributed by atoms with Crippen LogP contribution in [0.15, 0.2) is 24.4 Å². The van der Waals surface area contributed by atoms with Crippen molar-refractivity contribution in [3.63, 3.8) is 0 Å². The van der Waals surface area contributed by atoms with Gasteiger partial charge in [0.15, 0.2) is 0 Å². The Labute approximate surface area is 114 Å². The molecular weight excluding hydrogens is 236 g/mol. The van der Waals surface area contributed by atoms with Crippen molar-refractivity contribution in [2.45, 2.75) is 32.6 Å². The molecule has 2 aliphatic rings. The molecule has 0 saturated carbocycles. The molecule has 1 N–H and O–H groups in total. The van der Waals surface area contributed by atoms with E-state index >= 15 is 0 Å². The standard InChI is InChI=1S/C16H20N2O/c1-12-6-7-13-14(16(19)17-15(13)10-12)11-18-8-4-2-3-5-9-18/h6-7,10-11H,2-5,8-9H2,1H3,(H,17,19)/b14-11+. The van der Waals surface area contributed by atoms with Crippen molar-refractivity contribution < 1.29 is 4.79 Å². The summed E-state index contributed by atoms with van der Waals surface area (Å²) in [5, 5.41) is 2.96. The van der Waals surface area contributed by atoms with Crippen LogP contribution in [0.1, 0.15) is 36.8 Å². The van der Waals surface area contributed by atoms with Crippen molar-refractivity contribution >= 4 is 17.2 Å². The van der Waals surface area contributed by atoms with Gasteiger partial charge in [-0.3, -0.25) is 4.79 Å². The maximum Gasteiger partial charge on any atom is 0.257 e. The van der Waals surface area contributed by atoms with Gasteiger partial charge in [0.2, 0.25) is 0 Å². The van der Waals surface area contributed by atoms with E-state index in [0.29, 0.717) is 0 Å². The first-order valence-corrected chi connectivity index (χ1v) is 7.12. The minimum atomic E-state index is 0.0323. The molecule has 2 heterocycles. The zero-order valence-electron chi connectivity index (χ0n) is 11.4. The monoisotopic (exact) mass is 256 g/mol. The lowest BCUT2D eigenvalue weighted by molar-refractivity contribution is -0.110. The molecule has 1 aromatic carbocycles. The van der Waals surface area contributed by atoms with Crippen LogP contribution in [0.5, 0.6) is 0 Å². The highest BCUT2D eigenvalue weighted by Crippen LogP contribution is 2.32. The molecule has 1 saturated heterocycles. The summed E-state index contributed by atoms with van der Waals surface area (Å²) in [6, 6.07) is 6.15. The first-order chi connectivity index (χ1) is 9.24. The molecule has 1 aromatic rings. The second-order valence-electron chi connectivity index (χ2n) is 5.50. The summed E-state index contributed by atoms with van der Waals surface area (Å²) in [6.07, 6.45) is 7.13. The fourth-order valence-corrected chi connectivity index (χ4v) is 2.84. The molecular formula is C16H20N2O. The molecule has 0 atom stereocenters. The lowest BCUT2D eigenvalue weighted by Gasteiger charge is -2.18.